The highest BCUT2D eigenvalue weighted by atomic mass is 35.5. The topological polar surface area (TPSA) is 93.8 Å². The van der Waals surface area contributed by atoms with E-state index in [9.17, 15) is 9.59 Å². The number of nitrogen functional groups attached to an aromatic ring is 1. The van der Waals surface area contributed by atoms with E-state index in [4.69, 9.17) is 22.1 Å². The second kappa shape index (κ2) is 10.1. The van der Waals surface area contributed by atoms with Crippen LogP contribution in [0.5, 0.6) is 0 Å². The third kappa shape index (κ3) is 4.95. The van der Waals surface area contributed by atoms with E-state index in [0.29, 0.717) is 34.8 Å². The van der Waals surface area contributed by atoms with E-state index in [1.165, 1.54) is 0 Å². The van der Waals surface area contributed by atoms with Crippen molar-refractivity contribution in [1.29, 1.82) is 0 Å². The van der Waals surface area contributed by atoms with Crippen molar-refractivity contribution in [3.63, 3.8) is 0 Å². The molecule has 0 fully saturated rings. The number of halogens is 1. The van der Waals surface area contributed by atoms with Crippen molar-refractivity contribution >= 4 is 34.9 Å². The number of ether oxygens (including phenoxy) is 1. The molecule has 7 heteroatoms. The zero-order valence-electron chi connectivity index (χ0n) is 16.9. The molecular weight excluding hydrogens is 390 g/mol. The summed E-state index contributed by atoms with van der Waals surface area (Å²) in [5, 5.41) is 4.83. The minimum absolute atomic E-state index is 0.200. The number of amides is 1. The van der Waals surface area contributed by atoms with Crippen molar-refractivity contribution in [1.82, 2.24) is 5.43 Å². The summed E-state index contributed by atoms with van der Waals surface area (Å²) < 4.78 is 5.14. The zero-order chi connectivity index (χ0) is 21.4. The molecule has 3 N–H and O–H groups in total. The number of benzene rings is 2. The first-order valence-electron chi connectivity index (χ1n) is 9.55. The monoisotopic (exact) mass is 415 g/mol. The Morgan fingerprint density at radius 2 is 1.76 bits per heavy atom. The molecule has 29 heavy (non-hydrogen) atoms. The van der Waals surface area contributed by atoms with Crippen molar-refractivity contribution in [2.75, 3.05) is 12.3 Å². The summed E-state index contributed by atoms with van der Waals surface area (Å²) in [6.45, 7) is 5.46. The molecule has 0 atom stereocenters. The van der Waals surface area contributed by atoms with E-state index in [1.54, 1.807) is 39.0 Å². The Kier molecular flexibility index (Phi) is 7.79. The highest BCUT2D eigenvalue weighted by molar-refractivity contribution is 6.31. The molecule has 2 rings (SSSR count). The number of rotatable bonds is 8. The standard InChI is InChI=1S/C22H26ClN3O3/c1-4-22(5-2,21(28)29-6-3)20(27)26-25-19(15-10-8-7-9-11-15)17-14-16(23)12-13-18(17)24/h7-14H,4-6,24H2,1-3H3,(H,26,27)/b25-19-. The lowest BCUT2D eigenvalue weighted by Crippen LogP contribution is -2.45. The van der Waals surface area contributed by atoms with Crippen LogP contribution in [0.1, 0.15) is 44.7 Å². The molecule has 1 amide bonds. The smallest absolute Gasteiger partial charge is 0.321 e. The maximum atomic E-state index is 13.0. The molecule has 0 aromatic heterocycles. The fourth-order valence-electron chi connectivity index (χ4n) is 3.05. The SMILES string of the molecule is CCOC(=O)C(CC)(CC)C(=O)N/N=C(/c1ccccc1)c1cc(Cl)ccc1N. The largest absolute Gasteiger partial charge is 0.465 e. The molecule has 2 aromatic rings. The van der Waals surface area contributed by atoms with Gasteiger partial charge in [-0.3, -0.25) is 9.59 Å². The summed E-state index contributed by atoms with van der Waals surface area (Å²) in [4.78, 5) is 25.5. The van der Waals surface area contributed by atoms with E-state index in [-0.39, 0.29) is 6.61 Å². The number of nitrogens with two attached hydrogens (primary N) is 1. The van der Waals surface area contributed by atoms with Crippen LogP contribution in [0.4, 0.5) is 5.69 Å². The molecule has 0 heterocycles. The Balaban J connectivity index is 2.48. The Morgan fingerprint density at radius 3 is 2.34 bits per heavy atom. The maximum absolute atomic E-state index is 13.0. The lowest BCUT2D eigenvalue weighted by atomic mass is 9.81. The van der Waals surface area contributed by atoms with Crippen LogP contribution in [0, 0.1) is 5.41 Å². The van der Waals surface area contributed by atoms with Gasteiger partial charge in [-0.15, -0.1) is 0 Å². The van der Waals surface area contributed by atoms with Crippen LogP contribution in [-0.2, 0) is 14.3 Å². The van der Waals surface area contributed by atoms with Gasteiger partial charge in [0.05, 0.1) is 12.3 Å². The maximum Gasteiger partial charge on any atom is 0.321 e. The first-order chi connectivity index (χ1) is 13.9. The van der Waals surface area contributed by atoms with Crippen molar-refractivity contribution < 1.29 is 14.3 Å². The summed E-state index contributed by atoms with van der Waals surface area (Å²) in [6.07, 6.45) is 0.591. The van der Waals surface area contributed by atoms with Crippen LogP contribution in [0.2, 0.25) is 5.02 Å². The molecule has 0 aliphatic carbocycles. The Labute approximate surface area is 176 Å². The normalized spacial score (nSPS) is 11.8. The van der Waals surface area contributed by atoms with Gasteiger partial charge in [0.2, 0.25) is 0 Å². The van der Waals surface area contributed by atoms with Crippen LogP contribution in [0.15, 0.2) is 53.6 Å². The minimum Gasteiger partial charge on any atom is -0.465 e. The molecule has 0 saturated carbocycles. The number of anilines is 1. The van der Waals surface area contributed by atoms with E-state index >= 15 is 0 Å². The molecule has 0 spiro atoms. The number of nitrogens with one attached hydrogen (secondary N) is 1. The fraction of sp³-hybridized carbons (Fsp3) is 0.318. The summed E-state index contributed by atoms with van der Waals surface area (Å²) >= 11 is 6.15. The summed E-state index contributed by atoms with van der Waals surface area (Å²) in [5.41, 5.74) is 9.63. The number of carbonyl (C=O) groups is 2. The Hall–Kier alpha value is -2.86. The van der Waals surface area contributed by atoms with Gasteiger partial charge >= 0.3 is 5.97 Å². The number of hydrogen-bond donors (Lipinski definition) is 2. The summed E-state index contributed by atoms with van der Waals surface area (Å²) in [5.74, 6) is -1.07. The first-order valence-corrected chi connectivity index (χ1v) is 9.93. The van der Waals surface area contributed by atoms with Gasteiger partial charge in [-0.2, -0.15) is 5.10 Å². The average molecular weight is 416 g/mol. The van der Waals surface area contributed by atoms with Gasteiger partial charge < -0.3 is 10.5 Å². The second-order valence-electron chi connectivity index (χ2n) is 6.51. The molecular formula is C22H26ClN3O3. The lowest BCUT2D eigenvalue weighted by molar-refractivity contribution is -0.161. The molecule has 0 aliphatic heterocycles. The van der Waals surface area contributed by atoms with E-state index in [0.717, 1.165) is 5.56 Å². The third-order valence-corrected chi connectivity index (χ3v) is 5.13. The highest BCUT2D eigenvalue weighted by Crippen LogP contribution is 2.29. The van der Waals surface area contributed by atoms with Crippen molar-refractivity contribution in [2.45, 2.75) is 33.6 Å². The Bertz CT molecular complexity index is 893. The van der Waals surface area contributed by atoms with E-state index < -0.39 is 17.3 Å². The molecule has 0 bridgehead atoms. The number of esters is 1. The van der Waals surface area contributed by atoms with Gasteiger partial charge in [-0.05, 0) is 38.0 Å². The minimum atomic E-state index is -1.30. The van der Waals surface area contributed by atoms with Crippen LogP contribution in [0.25, 0.3) is 0 Å². The summed E-state index contributed by atoms with van der Waals surface area (Å²) in [7, 11) is 0. The molecule has 0 radical (unpaired) electrons. The second-order valence-corrected chi connectivity index (χ2v) is 6.95. The van der Waals surface area contributed by atoms with Gasteiger partial charge in [-0.1, -0.05) is 55.8 Å². The Morgan fingerprint density at radius 1 is 1.10 bits per heavy atom. The molecule has 0 unspecified atom stereocenters. The van der Waals surface area contributed by atoms with Gasteiger partial charge in [-0.25, -0.2) is 5.43 Å². The molecule has 154 valence electrons. The van der Waals surface area contributed by atoms with Gasteiger partial charge in [0.15, 0.2) is 0 Å². The molecule has 0 saturated heterocycles. The van der Waals surface area contributed by atoms with Gasteiger partial charge in [0, 0.05) is 21.8 Å². The quantitative estimate of drug-likeness (QED) is 0.222. The van der Waals surface area contributed by atoms with Crippen LogP contribution in [-0.4, -0.2) is 24.2 Å². The van der Waals surface area contributed by atoms with Crippen LogP contribution in [0.3, 0.4) is 0 Å². The predicted molar refractivity (Wildman–Crippen MR) is 116 cm³/mol. The molecule has 0 aliphatic rings. The average Bonchev–Trinajstić information content (AvgIpc) is 2.73. The van der Waals surface area contributed by atoms with Gasteiger partial charge in [0.1, 0.15) is 5.41 Å². The van der Waals surface area contributed by atoms with Crippen molar-refractivity contribution in [3.8, 4) is 0 Å². The number of nitrogens with zero attached hydrogens (tertiary/aromatic N) is 1. The predicted octanol–water partition coefficient (Wildman–Crippen LogP) is 4.16. The number of carbonyl (C=O) groups excluding carboxylic acids is 2. The van der Waals surface area contributed by atoms with Gasteiger partial charge in [0.25, 0.3) is 5.91 Å². The number of hydrazone groups is 1. The fourth-order valence-corrected chi connectivity index (χ4v) is 3.22. The van der Waals surface area contributed by atoms with Crippen LogP contribution < -0.4 is 11.2 Å². The number of hydrogen-bond acceptors (Lipinski definition) is 5. The highest BCUT2D eigenvalue weighted by Gasteiger charge is 2.44. The molecule has 6 nitrogen and oxygen atoms in total. The summed E-state index contributed by atoms with van der Waals surface area (Å²) in [6, 6.07) is 14.3. The van der Waals surface area contributed by atoms with Crippen LogP contribution >= 0.6 is 11.6 Å². The zero-order valence-corrected chi connectivity index (χ0v) is 17.6. The first kappa shape index (κ1) is 22.4. The van der Waals surface area contributed by atoms with E-state index in [2.05, 4.69) is 10.5 Å². The van der Waals surface area contributed by atoms with E-state index in [1.807, 2.05) is 30.3 Å². The van der Waals surface area contributed by atoms with Crippen molar-refractivity contribution in [3.05, 3.63) is 64.7 Å². The third-order valence-electron chi connectivity index (χ3n) is 4.89. The lowest BCUT2D eigenvalue weighted by Gasteiger charge is -2.26. The van der Waals surface area contributed by atoms with Crippen molar-refractivity contribution in [2.24, 2.45) is 10.5 Å². The molecule has 2 aromatic carbocycles.